The van der Waals surface area contributed by atoms with Crippen molar-refractivity contribution in [2.45, 2.75) is 398 Å². The molecule has 3 N–H and O–H groups in total. The predicted octanol–water partition coefficient (Wildman–Crippen LogP) is 21.6. The smallest absolute Gasteiger partial charge is 0.305 e. The molecule has 1 amide bonds. The molecule has 0 bridgehead atoms. The molecule has 0 rings (SSSR count). The normalized spacial score (nSPS) is 12.5. The minimum Gasteiger partial charge on any atom is -0.466 e. The number of unbranched alkanes of at least 4 members (excludes halogenated alkanes) is 51. The van der Waals surface area contributed by atoms with Crippen molar-refractivity contribution in [3.63, 3.8) is 0 Å². The first-order chi connectivity index (χ1) is 36.5. The van der Waals surface area contributed by atoms with Crippen molar-refractivity contribution in [3.8, 4) is 0 Å². The Hall–Kier alpha value is -1.40. The molecule has 0 aliphatic heterocycles. The highest BCUT2D eigenvalue weighted by Crippen LogP contribution is 2.19. The first kappa shape index (κ1) is 72.6. The average Bonchev–Trinajstić information content (AvgIpc) is 3.40. The number of hydrogen-bond donors (Lipinski definition) is 3. The van der Waals surface area contributed by atoms with Crippen LogP contribution in [0.2, 0.25) is 0 Å². The summed E-state index contributed by atoms with van der Waals surface area (Å²) in [5.41, 5.74) is 0. The van der Waals surface area contributed by atoms with E-state index in [-0.39, 0.29) is 18.5 Å². The summed E-state index contributed by atoms with van der Waals surface area (Å²) in [5, 5.41) is 23.4. The van der Waals surface area contributed by atoms with Gasteiger partial charge in [0.25, 0.3) is 0 Å². The molecule has 0 spiro atoms. The molecule has 0 radical (unpaired) electrons. The molecule has 0 aliphatic carbocycles. The molecule has 0 fully saturated rings. The van der Waals surface area contributed by atoms with Gasteiger partial charge in [0.05, 0.1) is 25.4 Å². The SMILES string of the molecule is CCCCCCCCCCCCCCCCCCCCCCCCC(O)C(CO)NC(=O)CCCCCCC/C=C\CCCCCCCCCOC(=O)CCCCCCCCCCCCCCCCCCCCC. The van der Waals surface area contributed by atoms with Crippen molar-refractivity contribution >= 4 is 11.9 Å². The summed E-state index contributed by atoms with van der Waals surface area (Å²) >= 11 is 0. The predicted molar refractivity (Wildman–Crippen MR) is 324 cm³/mol. The minimum absolute atomic E-state index is 0.00335. The maximum Gasteiger partial charge on any atom is 0.305 e. The third-order valence-electron chi connectivity index (χ3n) is 16.1. The van der Waals surface area contributed by atoms with E-state index in [1.54, 1.807) is 0 Å². The van der Waals surface area contributed by atoms with E-state index in [1.165, 1.54) is 289 Å². The van der Waals surface area contributed by atoms with Gasteiger partial charge in [-0.15, -0.1) is 0 Å². The van der Waals surface area contributed by atoms with Crippen LogP contribution in [0.3, 0.4) is 0 Å². The topological polar surface area (TPSA) is 95.9 Å². The number of carbonyl (C=O) groups excluding carboxylic acids is 2. The third kappa shape index (κ3) is 59.8. The van der Waals surface area contributed by atoms with E-state index in [1.807, 2.05) is 0 Å². The van der Waals surface area contributed by atoms with Crippen LogP contribution in [-0.2, 0) is 14.3 Å². The van der Waals surface area contributed by atoms with E-state index in [0.717, 1.165) is 64.2 Å². The van der Waals surface area contributed by atoms with Crippen molar-refractivity contribution in [3.05, 3.63) is 12.2 Å². The Morgan fingerprint density at radius 1 is 0.365 bits per heavy atom. The van der Waals surface area contributed by atoms with Gasteiger partial charge in [-0.1, -0.05) is 334 Å². The molecule has 6 nitrogen and oxygen atoms in total. The van der Waals surface area contributed by atoms with Gasteiger partial charge in [0.15, 0.2) is 0 Å². The number of ether oxygens (including phenoxy) is 1. The minimum atomic E-state index is -0.675. The highest BCUT2D eigenvalue weighted by atomic mass is 16.5. The van der Waals surface area contributed by atoms with Gasteiger partial charge in [-0.2, -0.15) is 0 Å². The second-order valence-electron chi connectivity index (χ2n) is 23.5. The molecule has 0 aromatic carbocycles. The zero-order chi connectivity index (χ0) is 53.6. The molecule has 2 unspecified atom stereocenters. The molecule has 0 aromatic heterocycles. The van der Waals surface area contributed by atoms with Gasteiger partial charge in [-0.25, -0.2) is 0 Å². The second kappa shape index (κ2) is 64.1. The van der Waals surface area contributed by atoms with Gasteiger partial charge in [-0.05, 0) is 51.4 Å². The van der Waals surface area contributed by atoms with Gasteiger partial charge >= 0.3 is 5.97 Å². The van der Waals surface area contributed by atoms with E-state index in [4.69, 9.17) is 4.74 Å². The lowest BCUT2D eigenvalue weighted by Gasteiger charge is -2.22. The van der Waals surface area contributed by atoms with Gasteiger partial charge < -0.3 is 20.3 Å². The fourth-order valence-corrected chi connectivity index (χ4v) is 10.9. The van der Waals surface area contributed by atoms with Crippen LogP contribution in [0, 0.1) is 0 Å². The van der Waals surface area contributed by atoms with Crippen LogP contribution < -0.4 is 5.32 Å². The number of amides is 1. The van der Waals surface area contributed by atoms with Crippen LogP contribution in [0.25, 0.3) is 0 Å². The second-order valence-corrected chi connectivity index (χ2v) is 23.5. The Kier molecular flexibility index (Phi) is 62.9. The van der Waals surface area contributed by atoms with Crippen molar-refractivity contribution in [2.75, 3.05) is 13.2 Å². The summed E-state index contributed by atoms with van der Waals surface area (Å²) in [4.78, 5) is 24.6. The van der Waals surface area contributed by atoms with Crippen LogP contribution in [-0.4, -0.2) is 47.4 Å². The zero-order valence-corrected chi connectivity index (χ0v) is 50.4. The summed E-state index contributed by atoms with van der Waals surface area (Å²) in [6.07, 6.45) is 78.1. The molecule has 6 heteroatoms. The Morgan fingerprint density at radius 3 is 0.959 bits per heavy atom. The Morgan fingerprint density at radius 2 is 0.635 bits per heavy atom. The Balaban J connectivity index is 3.43. The fourth-order valence-electron chi connectivity index (χ4n) is 10.9. The number of aliphatic hydroxyl groups is 2. The molecule has 440 valence electrons. The van der Waals surface area contributed by atoms with Crippen molar-refractivity contribution < 1.29 is 24.5 Å². The van der Waals surface area contributed by atoms with Gasteiger partial charge in [-0.3, -0.25) is 9.59 Å². The largest absolute Gasteiger partial charge is 0.466 e. The van der Waals surface area contributed by atoms with Crippen LogP contribution in [0.5, 0.6) is 0 Å². The number of hydrogen-bond acceptors (Lipinski definition) is 5. The third-order valence-corrected chi connectivity index (χ3v) is 16.1. The molecule has 74 heavy (non-hydrogen) atoms. The van der Waals surface area contributed by atoms with E-state index in [2.05, 4.69) is 31.3 Å². The van der Waals surface area contributed by atoms with Gasteiger partial charge in [0.1, 0.15) is 0 Å². The number of aliphatic hydroxyl groups excluding tert-OH is 2. The maximum atomic E-state index is 12.5. The Bertz CT molecular complexity index is 1110. The number of esters is 1. The number of rotatable bonds is 64. The lowest BCUT2D eigenvalue weighted by molar-refractivity contribution is -0.143. The first-order valence-corrected chi connectivity index (χ1v) is 33.9. The van der Waals surface area contributed by atoms with E-state index in [0.29, 0.717) is 25.9 Å². The Labute approximate surface area is 463 Å². The fraction of sp³-hybridized carbons (Fsp3) is 0.941. The average molecular weight is 1040 g/mol. The number of carbonyl (C=O) groups is 2. The van der Waals surface area contributed by atoms with Crippen LogP contribution >= 0.6 is 0 Å². The number of allylic oxidation sites excluding steroid dienone is 2. The quantitative estimate of drug-likeness (QED) is 0.0320. The highest BCUT2D eigenvalue weighted by molar-refractivity contribution is 5.76. The van der Waals surface area contributed by atoms with E-state index >= 15 is 0 Å². The lowest BCUT2D eigenvalue weighted by Crippen LogP contribution is -2.45. The van der Waals surface area contributed by atoms with Gasteiger partial charge in [0.2, 0.25) is 5.91 Å². The van der Waals surface area contributed by atoms with Gasteiger partial charge in [0, 0.05) is 12.8 Å². The van der Waals surface area contributed by atoms with E-state index in [9.17, 15) is 19.8 Å². The zero-order valence-electron chi connectivity index (χ0n) is 50.4. The van der Waals surface area contributed by atoms with Crippen LogP contribution in [0.1, 0.15) is 386 Å². The monoisotopic (exact) mass is 1040 g/mol. The summed E-state index contributed by atoms with van der Waals surface area (Å²) in [7, 11) is 0. The molecule has 0 saturated heterocycles. The lowest BCUT2D eigenvalue weighted by atomic mass is 10.0. The molecule has 0 aliphatic rings. The molecule has 0 aromatic rings. The first-order valence-electron chi connectivity index (χ1n) is 33.9. The van der Waals surface area contributed by atoms with Crippen molar-refractivity contribution in [1.82, 2.24) is 5.32 Å². The van der Waals surface area contributed by atoms with E-state index < -0.39 is 12.1 Å². The standard InChI is InChI=1S/C68H133NO5/c1-3-5-7-9-11-13-15-17-19-21-23-24-25-27-28-32-36-40-44-48-52-56-60-66(71)65(64-70)69-67(72)61-57-53-49-45-41-37-33-30-31-35-39-43-47-51-55-59-63-74-68(73)62-58-54-50-46-42-38-34-29-26-22-20-18-16-14-12-10-8-6-4-2/h30,33,65-66,70-71H,3-29,31-32,34-64H2,1-2H3,(H,69,72)/b33-30-. The molecule has 2 atom stereocenters. The van der Waals surface area contributed by atoms with Crippen LogP contribution in [0.4, 0.5) is 0 Å². The molecular weight excluding hydrogens is 911 g/mol. The van der Waals surface area contributed by atoms with Crippen LogP contribution in [0.15, 0.2) is 12.2 Å². The van der Waals surface area contributed by atoms with Crippen molar-refractivity contribution in [2.24, 2.45) is 0 Å². The van der Waals surface area contributed by atoms with Crippen molar-refractivity contribution in [1.29, 1.82) is 0 Å². The number of nitrogens with one attached hydrogen (secondary N) is 1. The summed E-state index contributed by atoms with van der Waals surface area (Å²) < 4.78 is 5.50. The summed E-state index contributed by atoms with van der Waals surface area (Å²) in [6, 6.07) is -0.554. The molecule has 0 saturated carbocycles. The summed E-state index contributed by atoms with van der Waals surface area (Å²) in [5.74, 6) is -0.0439. The summed E-state index contributed by atoms with van der Waals surface area (Å²) in [6.45, 7) is 4.97. The molecule has 0 heterocycles. The maximum absolute atomic E-state index is 12.5. The highest BCUT2D eigenvalue weighted by Gasteiger charge is 2.20. The molecular formula is C68H133NO5.